The van der Waals surface area contributed by atoms with Gasteiger partial charge in [0, 0.05) is 30.8 Å². The number of carbonyl (C=O) groups is 3. The molecular formula is C35H44N6O4. The summed E-state index contributed by atoms with van der Waals surface area (Å²) in [6, 6.07) is 13.6. The zero-order chi connectivity index (χ0) is 31.5. The standard InChI is InChI=1S/C35H44N6O4/c1-3-27(37-2)33(42)39-32(23-9-5-4-6-10-23)35(44)41-20-25-18-24-17-22(19-36)13-14-29(24)40(25)21-30(41)34(43)38-28-15-16-45-31-12-8-7-11-26(28)31/h7-8,11-14,17,23,25,27-28,30,32,37H,3-6,9-10,15-16,18,20-21H2,1-2H3,(H,38,43)(H,39,42). The highest BCUT2D eigenvalue weighted by molar-refractivity contribution is 5.94. The van der Waals surface area contributed by atoms with E-state index in [4.69, 9.17) is 4.74 Å². The lowest BCUT2D eigenvalue weighted by molar-refractivity contribution is -0.146. The van der Waals surface area contributed by atoms with E-state index in [2.05, 4.69) is 26.9 Å². The number of hydrogen-bond donors (Lipinski definition) is 3. The minimum atomic E-state index is -0.750. The topological polar surface area (TPSA) is 127 Å². The molecule has 5 unspecified atom stereocenters. The summed E-state index contributed by atoms with van der Waals surface area (Å²) in [5, 5.41) is 19.0. The molecule has 1 saturated heterocycles. The number of nitriles is 1. The molecule has 2 fully saturated rings. The van der Waals surface area contributed by atoms with Crippen molar-refractivity contribution < 1.29 is 19.1 Å². The highest BCUT2D eigenvalue weighted by Gasteiger charge is 2.47. The third kappa shape index (κ3) is 6.23. The van der Waals surface area contributed by atoms with Crippen molar-refractivity contribution in [3.8, 4) is 11.8 Å². The summed E-state index contributed by atoms with van der Waals surface area (Å²) in [6.07, 6.45) is 6.84. The molecule has 3 amide bonds. The number of anilines is 1. The molecule has 238 valence electrons. The van der Waals surface area contributed by atoms with Crippen molar-refractivity contribution >= 4 is 23.4 Å². The number of nitrogens with zero attached hydrogens (tertiary/aromatic N) is 3. The van der Waals surface area contributed by atoms with Gasteiger partial charge >= 0.3 is 0 Å². The minimum Gasteiger partial charge on any atom is -0.493 e. The van der Waals surface area contributed by atoms with Crippen LogP contribution in [-0.4, -0.2) is 73.5 Å². The van der Waals surface area contributed by atoms with Crippen LogP contribution in [0.25, 0.3) is 0 Å². The van der Waals surface area contributed by atoms with E-state index in [9.17, 15) is 19.6 Å². The van der Waals surface area contributed by atoms with Crippen LogP contribution in [0.4, 0.5) is 5.69 Å². The van der Waals surface area contributed by atoms with Crippen molar-refractivity contribution in [1.29, 1.82) is 5.26 Å². The van der Waals surface area contributed by atoms with E-state index in [-0.39, 0.29) is 35.7 Å². The van der Waals surface area contributed by atoms with E-state index in [1.165, 1.54) is 0 Å². The third-order valence-corrected chi connectivity index (χ3v) is 10.2. The molecule has 10 heteroatoms. The summed E-state index contributed by atoms with van der Waals surface area (Å²) in [5.74, 6) is 0.220. The Morgan fingerprint density at radius 2 is 1.87 bits per heavy atom. The van der Waals surface area contributed by atoms with E-state index in [1.54, 1.807) is 11.9 Å². The van der Waals surface area contributed by atoms with Gasteiger partial charge in [-0.2, -0.15) is 5.26 Å². The van der Waals surface area contributed by atoms with Crippen LogP contribution in [0.3, 0.4) is 0 Å². The third-order valence-electron chi connectivity index (χ3n) is 10.2. The van der Waals surface area contributed by atoms with E-state index < -0.39 is 18.1 Å². The van der Waals surface area contributed by atoms with Crippen LogP contribution in [0.5, 0.6) is 5.75 Å². The van der Waals surface area contributed by atoms with Crippen LogP contribution in [0.15, 0.2) is 42.5 Å². The number of ether oxygens (including phenoxy) is 1. The lowest BCUT2D eigenvalue weighted by Crippen LogP contribution is -2.67. The summed E-state index contributed by atoms with van der Waals surface area (Å²) in [5.41, 5.74) is 3.60. The Bertz CT molecular complexity index is 1460. The van der Waals surface area contributed by atoms with E-state index in [0.717, 1.165) is 54.7 Å². The Labute approximate surface area is 265 Å². The first-order valence-electron chi connectivity index (χ1n) is 16.5. The SMILES string of the molecule is CCC(NC)C(=O)NC(C(=O)N1CC2Cc3cc(C#N)ccc3N2CC1C(=O)NC1CCOc2ccccc21)C1CCCCC1. The zero-order valence-corrected chi connectivity index (χ0v) is 26.3. The lowest BCUT2D eigenvalue weighted by Gasteiger charge is -2.46. The van der Waals surface area contributed by atoms with Crippen molar-refractivity contribution in [1.82, 2.24) is 20.9 Å². The molecule has 0 spiro atoms. The number of rotatable bonds is 8. The monoisotopic (exact) mass is 612 g/mol. The van der Waals surface area contributed by atoms with Crippen molar-refractivity contribution in [3.05, 3.63) is 59.2 Å². The van der Waals surface area contributed by atoms with Crippen LogP contribution < -0.4 is 25.6 Å². The largest absolute Gasteiger partial charge is 0.493 e. The number of nitrogens with one attached hydrogen (secondary N) is 3. The Balaban J connectivity index is 1.31. The minimum absolute atomic E-state index is 0.0193. The van der Waals surface area contributed by atoms with Crippen molar-refractivity contribution in [2.24, 2.45) is 5.92 Å². The van der Waals surface area contributed by atoms with Crippen LogP contribution >= 0.6 is 0 Å². The zero-order valence-electron chi connectivity index (χ0n) is 26.3. The van der Waals surface area contributed by atoms with Gasteiger partial charge in [-0.25, -0.2) is 0 Å². The number of piperazine rings is 1. The maximum Gasteiger partial charge on any atom is 0.246 e. The van der Waals surface area contributed by atoms with Crippen LogP contribution in [-0.2, 0) is 20.8 Å². The maximum atomic E-state index is 14.7. The molecule has 6 rings (SSSR count). The second-order valence-corrected chi connectivity index (χ2v) is 12.8. The van der Waals surface area contributed by atoms with Gasteiger partial charge in [0.2, 0.25) is 17.7 Å². The average molecular weight is 613 g/mol. The molecular weight excluding hydrogens is 568 g/mol. The molecule has 3 N–H and O–H groups in total. The Morgan fingerprint density at radius 1 is 1.07 bits per heavy atom. The molecule has 3 aliphatic heterocycles. The molecule has 1 aliphatic carbocycles. The smallest absolute Gasteiger partial charge is 0.246 e. The molecule has 0 radical (unpaired) electrons. The fourth-order valence-electron chi connectivity index (χ4n) is 7.74. The quantitative estimate of drug-likeness (QED) is 0.418. The molecule has 4 aliphatic rings. The normalized spacial score (nSPS) is 23.8. The first-order chi connectivity index (χ1) is 21.9. The molecule has 3 heterocycles. The molecule has 10 nitrogen and oxygen atoms in total. The van der Waals surface area contributed by atoms with Gasteiger partial charge < -0.3 is 30.5 Å². The summed E-state index contributed by atoms with van der Waals surface area (Å²) in [7, 11) is 1.76. The lowest BCUT2D eigenvalue weighted by atomic mass is 9.82. The van der Waals surface area contributed by atoms with Crippen molar-refractivity contribution in [2.45, 2.75) is 88.5 Å². The number of fused-ring (bicyclic) bond motifs is 4. The summed E-state index contributed by atoms with van der Waals surface area (Å²) < 4.78 is 5.84. The van der Waals surface area contributed by atoms with Crippen LogP contribution in [0.1, 0.15) is 74.6 Å². The second kappa shape index (κ2) is 13.5. The van der Waals surface area contributed by atoms with Gasteiger partial charge in [0.15, 0.2) is 0 Å². The molecule has 1 saturated carbocycles. The fourth-order valence-corrected chi connectivity index (χ4v) is 7.74. The van der Waals surface area contributed by atoms with Crippen LogP contribution in [0.2, 0.25) is 0 Å². The van der Waals surface area contributed by atoms with Gasteiger partial charge in [-0.3, -0.25) is 14.4 Å². The van der Waals surface area contributed by atoms with Gasteiger partial charge in [-0.05, 0) is 68.5 Å². The van der Waals surface area contributed by atoms with Gasteiger partial charge in [-0.15, -0.1) is 0 Å². The van der Waals surface area contributed by atoms with Crippen molar-refractivity contribution in [2.75, 3.05) is 31.6 Å². The highest BCUT2D eigenvalue weighted by Crippen LogP contribution is 2.38. The number of hydrogen-bond acceptors (Lipinski definition) is 7. The first kappa shape index (κ1) is 30.9. The van der Waals surface area contributed by atoms with Crippen molar-refractivity contribution in [3.63, 3.8) is 0 Å². The molecule has 0 bridgehead atoms. The number of likely N-dealkylation sites (N-methyl/N-ethyl adjacent to an activating group) is 1. The highest BCUT2D eigenvalue weighted by atomic mass is 16.5. The Morgan fingerprint density at radius 3 is 2.62 bits per heavy atom. The number of carbonyl (C=O) groups excluding carboxylic acids is 3. The van der Waals surface area contributed by atoms with Gasteiger partial charge in [0.05, 0.1) is 36.4 Å². The number of amides is 3. The number of benzene rings is 2. The predicted molar refractivity (Wildman–Crippen MR) is 171 cm³/mol. The summed E-state index contributed by atoms with van der Waals surface area (Å²) in [4.78, 5) is 46.4. The molecule has 2 aromatic rings. The van der Waals surface area contributed by atoms with Gasteiger partial charge in [0.25, 0.3) is 0 Å². The average Bonchev–Trinajstić information content (AvgIpc) is 3.44. The van der Waals surface area contributed by atoms with Gasteiger partial charge in [-0.1, -0.05) is 44.4 Å². The van der Waals surface area contributed by atoms with E-state index in [1.807, 2.05) is 49.4 Å². The molecule has 2 aromatic carbocycles. The molecule has 0 aromatic heterocycles. The molecule has 45 heavy (non-hydrogen) atoms. The first-order valence-corrected chi connectivity index (χ1v) is 16.5. The van der Waals surface area contributed by atoms with Gasteiger partial charge in [0.1, 0.15) is 17.8 Å². The number of para-hydroxylation sites is 1. The summed E-state index contributed by atoms with van der Waals surface area (Å²) >= 11 is 0. The fraction of sp³-hybridized carbons (Fsp3) is 0.543. The van der Waals surface area contributed by atoms with E-state index >= 15 is 0 Å². The predicted octanol–water partition coefficient (Wildman–Crippen LogP) is 3.20. The Hall–Kier alpha value is -4.10. The maximum absolute atomic E-state index is 14.7. The van der Waals surface area contributed by atoms with E-state index in [0.29, 0.717) is 44.5 Å². The van der Waals surface area contributed by atoms with Crippen LogP contribution in [0, 0.1) is 17.2 Å². The summed E-state index contributed by atoms with van der Waals surface area (Å²) in [6.45, 7) is 3.14. The molecule has 5 atom stereocenters. The Kier molecular flexibility index (Phi) is 9.27. The second-order valence-electron chi connectivity index (χ2n) is 12.8.